The van der Waals surface area contributed by atoms with Crippen LogP contribution in [-0.2, 0) is 4.79 Å². The summed E-state index contributed by atoms with van der Waals surface area (Å²) in [6, 6.07) is 9.62. The minimum absolute atomic E-state index is 0.0829. The van der Waals surface area contributed by atoms with Crippen LogP contribution in [0.3, 0.4) is 0 Å². The topological polar surface area (TPSA) is 57.8 Å². The van der Waals surface area contributed by atoms with Crippen LogP contribution in [0.1, 0.15) is 24.2 Å². The van der Waals surface area contributed by atoms with Crippen LogP contribution in [0.2, 0.25) is 0 Å². The van der Waals surface area contributed by atoms with Gasteiger partial charge in [0.25, 0.3) is 0 Å². The lowest BCUT2D eigenvalue weighted by molar-refractivity contribution is -0.117. The highest BCUT2D eigenvalue weighted by Gasteiger charge is 2.07. The fraction of sp³-hybridized carbons (Fsp3) is 0.143. The molecule has 2 aromatic rings. The smallest absolute Gasteiger partial charge is 0.244 e. The predicted molar refractivity (Wildman–Crippen MR) is 70.6 cm³/mol. The van der Waals surface area contributed by atoms with Gasteiger partial charge in [0.2, 0.25) is 5.91 Å². The Labute approximate surface area is 106 Å². The maximum atomic E-state index is 11.7. The van der Waals surface area contributed by atoms with E-state index in [0.717, 1.165) is 11.3 Å². The number of carbonyl (C=O) groups is 1. The van der Waals surface area contributed by atoms with Crippen molar-refractivity contribution in [2.24, 2.45) is 0 Å². The van der Waals surface area contributed by atoms with E-state index in [1.165, 1.54) is 6.08 Å². The van der Waals surface area contributed by atoms with Crippen molar-refractivity contribution >= 4 is 12.0 Å². The van der Waals surface area contributed by atoms with Crippen LogP contribution in [0.25, 0.3) is 6.08 Å². The zero-order valence-corrected chi connectivity index (χ0v) is 10.1. The molecule has 2 rings (SSSR count). The molecule has 0 saturated carbocycles. The van der Waals surface area contributed by atoms with Gasteiger partial charge < -0.3 is 10.3 Å². The zero-order valence-electron chi connectivity index (χ0n) is 10.1. The average molecular weight is 241 g/mol. The highest BCUT2D eigenvalue weighted by Crippen LogP contribution is 2.07. The van der Waals surface area contributed by atoms with Crippen molar-refractivity contribution in [1.82, 2.24) is 15.3 Å². The monoisotopic (exact) mass is 241 g/mol. The molecule has 1 atom stereocenters. The third-order valence-electron chi connectivity index (χ3n) is 2.57. The average Bonchev–Trinajstić information content (AvgIpc) is 2.91. The van der Waals surface area contributed by atoms with Crippen LogP contribution < -0.4 is 5.32 Å². The Hall–Kier alpha value is -2.36. The summed E-state index contributed by atoms with van der Waals surface area (Å²) >= 11 is 0. The number of rotatable bonds is 4. The largest absolute Gasteiger partial charge is 0.347 e. The predicted octanol–water partition coefficient (Wildman–Crippen LogP) is 2.30. The highest BCUT2D eigenvalue weighted by molar-refractivity contribution is 5.91. The van der Waals surface area contributed by atoms with Crippen molar-refractivity contribution in [2.75, 3.05) is 0 Å². The molecule has 2 N–H and O–H groups in total. The van der Waals surface area contributed by atoms with E-state index in [0.29, 0.717) is 0 Å². The Morgan fingerprint density at radius 2 is 2.17 bits per heavy atom. The molecule has 18 heavy (non-hydrogen) atoms. The first kappa shape index (κ1) is 12.1. The molecule has 0 saturated heterocycles. The van der Waals surface area contributed by atoms with Gasteiger partial charge in [0.1, 0.15) is 0 Å². The van der Waals surface area contributed by atoms with Gasteiger partial charge in [-0.3, -0.25) is 4.79 Å². The van der Waals surface area contributed by atoms with E-state index in [-0.39, 0.29) is 11.9 Å². The van der Waals surface area contributed by atoms with Gasteiger partial charge in [-0.25, -0.2) is 4.98 Å². The van der Waals surface area contributed by atoms with Gasteiger partial charge in [-0.1, -0.05) is 30.3 Å². The fourth-order valence-electron chi connectivity index (χ4n) is 1.58. The summed E-state index contributed by atoms with van der Waals surface area (Å²) < 4.78 is 0. The summed E-state index contributed by atoms with van der Waals surface area (Å²) in [7, 11) is 0. The molecule has 4 nitrogen and oxygen atoms in total. The van der Waals surface area contributed by atoms with Gasteiger partial charge in [-0.2, -0.15) is 0 Å². The van der Waals surface area contributed by atoms with Gasteiger partial charge in [0.15, 0.2) is 0 Å². The maximum Gasteiger partial charge on any atom is 0.244 e. The van der Waals surface area contributed by atoms with Crippen LogP contribution in [-0.4, -0.2) is 15.9 Å². The van der Waals surface area contributed by atoms with Crippen LogP contribution in [0.15, 0.2) is 48.9 Å². The molecule has 0 aliphatic rings. The van der Waals surface area contributed by atoms with Gasteiger partial charge in [-0.05, 0) is 18.6 Å². The number of H-pyrrole nitrogens is 1. The molecule has 0 fully saturated rings. The first-order valence-electron chi connectivity index (χ1n) is 5.77. The molecule has 1 aromatic carbocycles. The molecular weight excluding hydrogens is 226 g/mol. The molecule has 1 heterocycles. The number of aromatic nitrogens is 2. The first-order chi connectivity index (χ1) is 8.75. The van der Waals surface area contributed by atoms with E-state index in [1.807, 2.05) is 37.3 Å². The highest BCUT2D eigenvalue weighted by atomic mass is 16.1. The van der Waals surface area contributed by atoms with E-state index in [9.17, 15) is 4.79 Å². The number of benzene rings is 1. The normalized spacial score (nSPS) is 12.5. The molecule has 1 unspecified atom stereocenters. The Balaban J connectivity index is 1.91. The zero-order chi connectivity index (χ0) is 12.8. The standard InChI is InChI=1S/C14H15N3O/c1-11(13-9-15-10-16-13)17-14(18)8-7-12-5-3-2-4-6-12/h2-11H,1H3,(H,15,16)(H,17,18). The summed E-state index contributed by atoms with van der Waals surface area (Å²) in [5.74, 6) is -0.124. The molecule has 92 valence electrons. The van der Waals surface area contributed by atoms with E-state index < -0.39 is 0 Å². The van der Waals surface area contributed by atoms with Crippen molar-refractivity contribution in [3.8, 4) is 0 Å². The molecule has 0 aliphatic heterocycles. The molecular formula is C14H15N3O. The lowest BCUT2D eigenvalue weighted by Gasteiger charge is -2.09. The number of aromatic amines is 1. The Morgan fingerprint density at radius 3 is 2.83 bits per heavy atom. The second-order valence-electron chi connectivity index (χ2n) is 3.98. The molecule has 0 bridgehead atoms. The number of amides is 1. The van der Waals surface area contributed by atoms with Crippen molar-refractivity contribution in [3.05, 3.63) is 60.2 Å². The fourth-order valence-corrected chi connectivity index (χ4v) is 1.58. The summed E-state index contributed by atoms with van der Waals surface area (Å²) in [5.41, 5.74) is 1.89. The van der Waals surface area contributed by atoms with Gasteiger partial charge in [0, 0.05) is 6.08 Å². The van der Waals surface area contributed by atoms with Gasteiger partial charge >= 0.3 is 0 Å². The van der Waals surface area contributed by atoms with Crippen molar-refractivity contribution in [1.29, 1.82) is 0 Å². The lowest BCUT2D eigenvalue weighted by atomic mass is 10.2. The number of nitrogens with zero attached hydrogens (tertiary/aromatic N) is 1. The molecule has 1 amide bonds. The number of hydrogen-bond donors (Lipinski definition) is 2. The van der Waals surface area contributed by atoms with E-state index in [1.54, 1.807) is 18.6 Å². The summed E-state index contributed by atoms with van der Waals surface area (Å²) in [6.45, 7) is 1.90. The second kappa shape index (κ2) is 5.82. The lowest BCUT2D eigenvalue weighted by Crippen LogP contribution is -2.24. The van der Waals surface area contributed by atoms with Crippen molar-refractivity contribution in [2.45, 2.75) is 13.0 Å². The Kier molecular flexibility index (Phi) is 3.91. The third-order valence-corrected chi connectivity index (χ3v) is 2.57. The van der Waals surface area contributed by atoms with Crippen LogP contribution in [0.4, 0.5) is 0 Å². The first-order valence-corrected chi connectivity index (χ1v) is 5.77. The van der Waals surface area contributed by atoms with E-state index >= 15 is 0 Å². The number of hydrogen-bond acceptors (Lipinski definition) is 2. The van der Waals surface area contributed by atoms with E-state index in [4.69, 9.17) is 0 Å². The maximum absolute atomic E-state index is 11.7. The Bertz CT molecular complexity index is 517. The van der Waals surface area contributed by atoms with Gasteiger partial charge in [0.05, 0.1) is 24.3 Å². The minimum Gasteiger partial charge on any atom is -0.347 e. The molecule has 0 radical (unpaired) electrons. The number of imidazole rings is 1. The van der Waals surface area contributed by atoms with Crippen LogP contribution >= 0.6 is 0 Å². The molecule has 0 aliphatic carbocycles. The van der Waals surface area contributed by atoms with Crippen molar-refractivity contribution in [3.63, 3.8) is 0 Å². The third kappa shape index (κ3) is 3.31. The summed E-state index contributed by atoms with van der Waals surface area (Å²) in [4.78, 5) is 18.6. The summed E-state index contributed by atoms with van der Waals surface area (Å²) in [6.07, 6.45) is 6.61. The number of carbonyl (C=O) groups excluding carboxylic acids is 1. The SMILES string of the molecule is CC(NC(=O)C=Cc1ccccc1)c1cnc[nH]1. The quantitative estimate of drug-likeness (QED) is 0.807. The molecule has 0 spiro atoms. The van der Waals surface area contributed by atoms with Gasteiger partial charge in [-0.15, -0.1) is 0 Å². The van der Waals surface area contributed by atoms with E-state index in [2.05, 4.69) is 15.3 Å². The molecule has 1 aromatic heterocycles. The summed E-state index contributed by atoms with van der Waals surface area (Å²) in [5, 5.41) is 2.86. The van der Waals surface area contributed by atoms with Crippen molar-refractivity contribution < 1.29 is 4.79 Å². The van der Waals surface area contributed by atoms with Crippen LogP contribution in [0.5, 0.6) is 0 Å². The minimum atomic E-state index is -0.124. The molecule has 4 heteroatoms. The second-order valence-corrected chi connectivity index (χ2v) is 3.98. The van der Waals surface area contributed by atoms with Crippen LogP contribution in [0, 0.1) is 0 Å². The Morgan fingerprint density at radius 1 is 1.39 bits per heavy atom. The number of nitrogens with one attached hydrogen (secondary N) is 2.